The molecule has 1 unspecified atom stereocenters. The van der Waals surface area contributed by atoms with Gasteiger partial charge in [-0.15, -0.1) is 0 Å². The van der Waals surface area contributed by atoms with Gasteiger partial charge >= 0.3 is 0 Å². The summed E-state index contributed by atoms with van der Waals surface area (Å²) >= 11 is -0.326. The van der Waals surface area contributed by atoms with Crippen molar-refractivity contribution >= 4 is 56.9 Å². The molecule has 1 fully saturated rings. The predicted octanol–water partition coefficient (Wildman–Crippen LogP) is 0.290. The minimum Gasteiger partial charge on any atom is -0.508 e. The number of likely N-dealkylation sites (N-methyl/N-ethyl adjacent to an activating group) is 1. The Bertz CT molecular complexity index is 1290. The maximum absolute atomic E-state index is 13.7. The lowest BCUT2D eigenvalue weighted by atomic mass is 9.57. The maximum atomic E-state index is 13.7. The Balaban J connectivity index is 1.97. The molecule has 3 aliphatic carbocycles. The lowest BCUT2D eigenvalue weighted by Crippen LogP contribution is -2.65. The van der Waals surface area contributed by atoms with E-state index < -0.39 is 80.6 Å². The van der Waals surface area contributed by atoms with E-state index in [2.05, 4.69) is 0 Å². The van der Waals surface area contributed by atoms with E-state index in [1.807, 2.05) is 22.6 Å². The van der Waals surface area contributed by atoms with Gasteiger partial charge in [0.2, 0.25) is 5.78 Å². The van der Waals surface area contributed by atoms with Gasteiger partial charge in [-0.25, -0.2) is 4.21 Å². The second kappa shape index (κ2) is 8.65. The molecule has 3 aliphatic rings. The molecule has 0 radical (unpaired) electrons. The third kappa shape index (κ3) is 3.63. The molecule has 13 heteroatoms. The van der Waals surface area contributed by atoms with Crippen LogP contribution in [-0.4, -0.2) is 77.3 Å². The van der Waals surface area contributed by atoms with E-state index in [0.29, 0.717) is 9.13 Å². The number of halogens is 1. The summed E-state index contributed by atoms with van der Waals surface area (Å²) in [5.41, 5.74) is 1.91. The topological polar surface area (TPSA) is 199 Å². The number of rotatable bonds is 4. The van der Waals surface area contributed by atoms with Crippen LogP contribution in [0.3, 0.4) is 0 Å². The van der Waals surface area contributed by atoms with E-state index in [4.69, 9.17) is 5.73 Å². The average molecular weight is 618 g/mol. The van der Waals surface area contributed by atoms with Gasteiger partial charge in [0.15, 0.2) is 22.5 Å². The number of amides is 1. The highest BCUT2D eigenvalue weighted by molar-refractivity contribution is 14.1. The summed E-state index contributed by atoms with van der Waals surface area (Å²) < 4.78 is 21.2. The standard InChI is InChI=1S/C22H23IN2O9S/c1-25(2)15-10-4-7-3-9-11(23)5-8(6-35(33)34)16(26)13(9)17(27)12(7)19(29)22(10,32)20(30)14(18(15)28)21(24)31/h5,7,10,15,26-27,30,32H,3-4,6H2,1-2H3,(H2,24,31)(H,33,34)/t7-,10-,15-,22-/m0/s1. The second-order valence-corrected chi connectivity index (χ2v) is 11.2. The number of benzene rings is 1. The summed E-state index contributed by atoms with van der Waals surface area (Å²) in [7, 11) is 3.06. The minimum atomic E-state index is -2.71. The van der Waals surface area contributed by atoms with Crippen LogP contribution in [-0.2, 0) is 37.6 Å². The van der Waals surface area contributed by atoms with E-state index >= 15 is 0 Å². The zero-order valence-electron chi connectivity index (χ0n) is 18.6. The van der Waals surface area contributed by atoms with Gasteiger partial charge in [0.05, 0.1) is 17.4 Å². The summed E-state index contributed by atoms with van der Waals surface area (Å²) in [5, 5.41) is 44.3. The van der Waals surface area contributed by atoms with Crippen LogP contribution in [0.4, 0.5) is 0 Å². The fourth-order valence-electron chi connectivity index (χ4n) is 5.56. The number of primary amides is 1. The number of carbonyl (C=O) groups is 3. The molecule has 4 rings (SSSR count). The van der Waals surface area contributed by atoms with Crippen LogP contribution in [0.15, 0.2) is 23.0 Å². The van der Waals surface area contributed by atoms with Crippen molar-refractivity contribution in [3.8, 4) is 5.75 Å². The molecule has 0 heterocycles. The second-order valence-electron chi connectivity index (χ2n) is 9.15. The van der Waals surface area contributed by atoms with Crippen molar-refractivity contribution in [2.75, 3.05) is 14.1 Å². The first-order valence-electron chi connectivity index (χ1n) is 10.5. The minimum absolute atomic E-state index is 0.00892. The molecule has 0 aliphatic heterocycles. The van der Waals surface area contributed by atoms with E-state index in [9.17, 15) is 43.6 Å². The molecule has 11 nitrogen and oxygen atoms in total. The molecular formula is C22H23IN2O9S. The number of Topliss-reactive ketones (excluding diaryl/α,β-unsaturated/α-hetero) is 2. The van der Waals surface area contributed by atoms with Crippen molar-refractivity contribution in [3.63, 3.8) is 0 Å². The SMILES string of the molecule is CN(C)[C@@H]1C(=O)C(C(N)=O)=C(O)[C@@]2(O)C(=O)C3=C(O)c4c(O)c(CS(=O)O)cc(I)c4C[C@H]3C[C@@H]12. The van der Waals surface area contributed by atoms with Crippen molar-refractivity contribution in [2.45, 2.75) is 30.2 Å². The predicted molar refractivity (Wildman–Crippen MR) is 131 cm³/mol. The average Bonchev–Trinajstić information content (AvgIpc) is 2.73. The van der Waals surface area contributed by atoms with Gasteiger partial charge in [0, 0.05) is 20.6 Å². The lowest BCUT2D eigenvalue weighted by Gasteiger charge is -2.50. The molecule has 1 saturated carbocycles. The number of fused-ring (bicyclic) bond motifs is 3. The number of phenols is 1. The molecule has 0 bridgehead atoms. The molecule has 1 aromatic carbocycles. The Labute approximate surface area is 215 Å². The maximum Gasteiger partial charge on any atom is 0.255 e. The summed E-state index contributed by atoms with van der Waals surface area (Å²) in [6, 6.07) is 0.365. The van der Waals surface area contributed by atoms with E-state index in [1.165, 1.54) is 25.1 Å². The number of aliphatic hydroxyl groups excluding tert-OH is 2. The van der Waals surface area contributed by atoms with Crippen molar-refractivity contribution in [3.05, 3.63) is 43.2 Å². The lowest BCUT2D eigenvalue weighted by molar-refractivity contribution is -0.153. The zero-order valence-corrected chi connectivity index (χ0v) is 21.6. The molecule has 5 atom stereocenters. The van der Waals surface area contributed by atoms with Crippen LogP contribution < -0.4 is 5.73 Å². The molecule has 0 aromatic heterocycles. The molecule has 1 amide bonds. The van der Waals surface area contributed by atoms with Crippen molar-refractivity contribution in [1.29, 1.82) is 0 Å². The summed E-state index contributed by atoms with van der Waals surface area (Å²) in [6.07, 6.45) is 0.147. The fraction of sp³-hybridized carbons (Fsp3) is 0.409. The van der Waals surface area contributed by atoms with Gasteiger partial charge in [-0.05, 0) is 67.1 Å². The van der Waals surface area contributed by atoms with Crippen molar-refractivity contribution in [1.82, 2.24) is 4.90 Å². The molecule has 35 heavy (non-hydrogen) atoms. The first-order valence-corrected chi connectivity index (χ1v) is 12.8. The Morgan fingerprint density at radius 1 is 1.29 bits per heavy atom. The number of aromatic hydroxyl groups is 1. The first-order chi connectivity index (χ1) is 16.2. The highest BCUT2D eigenvalue weighted by Crippen LogP contribution is 2.53. The molecular weight excluding hydrogens is 595 g/mol. The first kappa shape index (κ1) is 25.8. The smallest absolute Gasteiger partial charge is 0.255 e. The van der Waals surface area contributed by atoms with Gasteiger partial charge in [0.25, 0.3) is 5.91 Å². The summed E-state index contributed by atoms with van der Waals surface area (Å²) in [5.74, 6) is -7.74. The van der Waals surface area contributed by atoms with Crippen molar-refractivity contribution < 1.29 is 43.6 Å². The van der Waals surface area contributed by atoms with E-state index in [-0.39, 0.29) is 29.5 Å². The normalized spacial score (nSPS) is 29.1. The van der Waals surface area contributed by atoms with E-state index in [1.54, 1.807) is 0 Å². The molecule has 188 valence electrons. The number of carbonyl (C=O) groups excluding carboxylic acids is 3. The van der Waals surface area contributed by atoms with Crippen LogP contribution in [0, 0.1) is 15.4 Å². The number of ketones is 2. The Morgan fingerprint density at radius 3 is 2.46 bits per heavy atom. The number of nitrogens with two attached hydrogens (primary N) is 1. The molecule has 7 N–H and O–H groups in total. The third-order valence-corrected chi connectivity index (χ3v) is 8.54. The van der Waals surface area contributed by atoms with Crippen LogP contribution in [0.1, 0.15) is 23.1 Å². The Hall–Kier alpha value is -2.33. The monoisotopic (exact) mass is 618 g/mol. The third-order valence-electron chi connectivity index (χ3n) is 7.02. The number of nitrogens with zero attached hydrogens (tertiary/aromatic N) is 1. The van der Waals surface area contributed by atoms with Gasteiger partial charge in [0.1, 0.15) is 22.8 Å². The number of hydrogen-bond acceptors (Lipinski definition) is 9. The number of aliphatic hydroxyl groups is 3. The van der Waals surface area contributed by atoms with Gasteiger partial charge in [-0.1, -0.05) is 0 Å². The van der Waals surface area contributed by atoms with Crippen molar-refractivity contribution in [2.24, 2.45) is 17.6 Å². The van der Waals surface area contributed by atoms with Crippen LogP contribution >= 0.6 is 22.6 Å². The number of hydrogen-bond donors (Lipinski definition) is 6. The van der Waals surface area contributed by atoms with Crippen LogP contribution in [0.2, 0.25) is 0 Å². The van der Waals surface area contributed by atoms with Gasteiger partial charge in [-0.3, -0.25) is 19.3 Å². The molecule has 0 spiro atoms. The molecule has 0 saturated heterocycles. The summed E-state index contributed by atoms with van der Waals surface area (Å²) in [4.78, 5) is 40.2. The quantitative estimate of drug-likeness (QED) is 0.155. The summed E-state index contributed by atoms with van der Waals surface area (Å²) in [6.45, 7) is 0. The Kier molecular flexibility index (Phi) is 6.37. The highest BCUT2D eigenvalue weighted by Gasteiger charge is 2.64. The molecule has 1 aromatic rings. The number of phenolic OH excluding ortho intramolecular Hbond substituents is 1. The zero-order chi connectivity index (χ0) is 26.1. The van der Waals surface area contributed by atoms with Gasteiger partial charge < -0.3 is 30.7 Å². The highest BCUT2D eigenvalue weighted by atomic mass is 127. The van der Waals surface area contributed by atoms with Crippen LogP contribution in [0.5, 0.6) is 5.75 Å². The fourth-order valence-corrected chi connectivity index (χ4v) is 6.91. The van der Waals surface area contributed by atoms with Crippen LogP contribution in [0.25, 0.3) is 5.76 Å². The van der Waals surface area contributed by atoms with Gasteiger partial charge in [-0.2, -0.15) is 0 Å². The Morgan fingerprint density at radius 2 is 1.91 bits per heavy atom. The van der Waals surface area contributed by atoms with E-state index in [0.717, 1.165) is 0 Å². The largest absolute Gasteiger partial charge is 0.508 e.